The highest BCUT2D eigenvalue weighted by atomic mass is 16.5. The lowest BCUT2D eigenvalue weighted by molar-refractivity contribution is 0.0541. The average Bonchev–Trinajstić information content (AvgIpc) is 3.34. The molecule has 0 saturated heterocycles. The molecule has 0 unspecified atom stereocenters. The number of imide groups is 1. The van der Waals surface area contributed by atoms with Crippen LogP contribution in [0.15, 0.2) is 54.7 Å². The number of hydrogen-bond donors (Lipinski definition) is 1. The van der Waals surface area contributed by atoms with Gasteiger partial charge in [0.2, 0.25) is 0 Å². The third-order valence-electron chi connectivity index (χ3n) is 6.61. The Labute approximate surface area is 178 Å². The summed E-state index contributed by atoms with van der Waals surface area (Å²) in [6.07, 6.45) is 4.69. The summed E-state index contributed by atoms with van der Waals surface area (Å²) in [6.45, 7) is 0. The maximum Gasteiger partial charge on any atom is 0.261 e. The third-order valence-corrected chi connectivity index (χ3v) is 6.61. The summed E-state index contributed by atoms with van der Waals surface area (Å²) >= 11 is 0. The molecular weight excluding hydrogens is 392 g/mol. The second kappa shape index (κ2) is 6.63. The molecule has 4 aliphatic rings. The molecule has 3 aliphatic heterocycles. The first-order chi connectivity index (χ1) is 15.1. The zero-order valence-corrected chi connectivity index (χ0v) is 16.7. The first-order valence-corrected chi connectivity index (χ1v) is 10.6. The second-order valence-electron chi connectivity index (χ2n) is 8.34. The number of fused-ring (bicyclic) bond motifs is 4. The Hall–Kier alpha value is -3.74. The van der Waals surface area contributed by atoms with Crippen molar-refractivity contribution in [3.05, 3.63) is 71.7 Å². The first kappa shape index (κ1) is 18.1. The second-order valence-corrected chi connectivity index (χ2v) is 8.34. The minimum Gasteiger partial charge on any atom is -0.428 e. The van der Waals surface area contributed by atoms with Gasteiger partial charge in [0.15, 0.2) is 0 Å². The van der Waals surface area contributed by atoms with Crippen molar-refractivity contribution < 1.29 is 14.8 Å². The van der Waals surface area contributed by atoms with Crippen LogP contribution < -0.4 is 0 Å². The summed E-state index contributed by atoms with van der Waals surface area (Å²) < 4.78 is 1.09. The molecule has 1 N–H and O–H groups in total. The fraction of sp³-hybridized carbons (Fsp3) is 0.250. The van der Waals surface area contributed by atoms with E-state index in [0.29, 0.717) is 22.3 Å². The molecule has 6 rings (SSSR count). The Morgan fingerprint density at radius 2 is 1.48 bits per heavy atom. The monoisotopic (exact) mass is 412 g/mol. The van der Waals surface area contributed by atoms with Gasteiger partial charge in [0.1, 0.15) is 17.2 Å². The summed E-state index contributed by atoms with van der Waals surface area (Å²) in [5, 5.41) is 11.1. The van der Waals surface area contributed by atoms with Crippen LogP contribution in [-0.4, -0.2) is 42.7 Å². The number of benzene rings is 2. The molecular formula is C24H20N4O3. The van der Waals surface area contributed by atoms with Gasteiger partial charge in [-0.3, -0.25) is 14.5 Å². The number of aromatic nitrogens is 3. The number of hydrogen-bond acceptors (Lipinski definition) is 5. The van der Waals surface area contributed by atoms with Crippen molar-refractivity contribution in [3.8, 4) is 11.4 Å². The van der Waals surface area contributed by atoms with Gasteiger partial charge < -0.3 is 5.21 Å². The zero-order valence-electron chi connectivity index (χ0n) is 16.7. The van der Waals surface area contributed by atoms with E-state index in [2.05, 4.69) is 0 Å². The molecule has 0 spiro atoms. The molecule has 1 aliphatic carbocycles. The van der Waals surface area contributed by atoms with Crippen LogP contribution >= 0.6 is 0 Å². The van der Waals surface area contributed by atoms with Gasteiger partial charge in [-0.2, -0.15) is 4.73 Å². The lowest BCUT2D eigenvalue weighted by atomic mass is 9.85. The van der Waals surface area contributed by atoms with E-state index >= 15 is 0 Å². The van der Waals surface area contributed by atoms with E-state index in [9.17, 15) is 14.8 Å². The molecule has 7 heteroatoms. The predicted molar refractivity (Wildman–Crippen MR) is 113 cm³/mol. The third kappa shape index (κ3) is 2.66. The van der Waals surface area contributed by atoms with Crippen molar-refractivity contribution in [3.63, 3.8) is 0 Å². The first-order valence-electron chi connectivity index (χ1n) is 10.6. The Morgan fingerprint density at radius 3 is 2.19 bits per heavy atom. The van der Waals surface area contributed by atoms with Gasteiger partial charge >= 0.3 is 0 Å². The van der Waals surface area contributed by atoms with E-state index in [1.54, 1.807) is 30.5 Å². The SMILES string of the molecule is O=C1c2ccccc2C(=O)N1C1CCC(c2nc3cn(O)c4ccccc4c-3n2)CC1. The van der Waals surface area contributed by atoms with Gasteiger partial charge in [-0.05, 0) is 43.9 Å². The summed E-state index contributed by atoms with van der Waals surface area (Å²) in [6, 6.07) is 14.5. The zero-order chi connectivity index (χ0) is 21.1. The van der Waals surface area contributed by atoms with Crippen molar-refractivity contribution in [2.45, 2.75) is 37.6 Å². The molecule has 2 amide bonds. The van der Waals surface area contributed by atoms with Crippen LogP contribution in [0.25, 0.3) is 22.3 Å². The maximum atomic E-state index is 12.8. The molecule has 1 saturated carbocycles. The van der Waals surface area contributed by atoms with Crippen LogP contribution in [0.4, 0.5) is 0 Å². The van der Waals surface area contributed by atoms with Crippen molar-refractivity contribution in [1.82, 2.24) is 19.6 Å². The molecule has 0 aromatic heterocycles. The summed E-state index contributed by atoms with van der Waals surface area (Å²) in [5.41, 5.74) is 3.15. The average molecular weight is 412 g/mol. The smallest absolute Gasteiger partial charge is 0.261 e. The van der Waals surface area contributed by atoms with Gasteiger partial charge in [-0.25, -0.2) is 9.97 Å². The minimum atomic E-state index is -0.182. The molecule has 31 heavy (non-hydrogen) atoms. The maximum absolute atomic E-state index is 12.8. The Bertz CT molecular complexity index is 1280. The molecule has 2 aromatic carbocycles. The molecule has 0 atom stereocenters. The lowest BCUT2D eigenvalue weighted by Gasteiger charge is -2.32. The number of pyridine rings is 1. The van der Waals surface area contributed by atoms with Gasteiger partial charge in [0.05, 0.1) is 22.8 Å². The largest absolute Gasteiger partial charge is 0.428 e. The highest BCUT2D eigenvalue weighted by Gasteiger charge is 2.41. The van der Waals surface area contributed by atoms with Crippen LogP contribution in [0, 0.1) is 0 Å². The van der Waals surface area contributed by atoms with Gasteiger partial charge in [0, 0.05) is 17.3 Å². The predicted octanol–water partition coefficient (Wildman–Crippen LogP) is 4.10. The van der Waals surface area contributed by atoms with Crippen LogP contribution in [0.3, 0.4) is 0 Å². The molecule has 0 radical (unpaired) electrons. The number of imidazole rings is 1. The molecule has 2 aromatic rings. The van der Waals surface area contributed by atoms with E-state index in [-0.39, 0.29) is 23.8 Å². The summed E-state index contributed by atoms with van der Waals surface area (Å²) in [7, 11) is 0. The minimum absolute atomic E-state index is 0.0894. The number of nitrogens with zero attached hydrogens (tertiary/aromatic N) is 4. The molecule has 1 fully saturated rings. The van der Waals surface area contributed by atoms with Crippen LogP contribution in [0.5, 0.6) is 0 Å². The molecule has 0 bridgehead atoms. The highest BCUT2D eigenvalue weighted by molar-refractivity contribution is 6.21. The lowest BCUT2D eigenvalue weighted by Crippen LogP contribution is -2.41. The molecule has 7 nitrogen and oxygen atoms in total. The Balaban J connectivity index is 1.25. The van der Waals surface area contributed by atoms with E-state index < -0.39 is 0 Å². The molecule has 3 heterocycles. The number of amides is 2. The van der Waals surface area contributed by atoms with E-state index in [0.717, 1.165) is 47.3 Å². The van der Waals surface area contributed by atoms with E-state index in [1.165, 1.54) is 4.90 Å². The summed E-state index contributed by atoms with van der Waals surface area (Å²) in [4.78, 5) is 36.5. The van der Waals surface area contributed by atoms with Crippen LogP contribution in [-0.2, 0) is 0 Å². The van der Waals surface area contributed by atoms with Crippen molar-refractivity contribution >= 4 is 22.7 Å². The number of para-hydroxylation sites is 1. The van der Waals surface area contributed by atoms with E-state index in [4.69, 9.17) is 9.97 Å². The fourth-order valence-corrected chi connectivity index (χ4v) is 5.03. The van der Waals surface area contributed by atoms with Crippen molar-refractivity contribution in [2.75, 3.05) is 0 Å². The van der Waals surface area contributed by atoms with Crippen LogP contribution in [0.2, 0.25) is 0 Å². The van der Waals surface area contributed by atoms with Gasteiger partial charge in [-0.1, -0.05) is 30.3 Å². The highest BCUT2D eigenvalue weighted by Crippen LogP contribution is 2.38. The number of carbonyl (C=O) groups is 2. The van der Waals surface area contributed by atoms with Crippen LogP contribution in [0.1, 0.15) is 58.1 Å². The standard InChI is InChI=1S/C24H20N4O3/c29-23-16-5-1-2-6-17(16)24(30)28(23)15-11-9-14(10-12-15)22-25-19-13-27(31)20-8-4-3-7-18(20)21(19)26-22/h1-8,13-15,31H,9-12H2. The normalized spacial score (nSPS) is 21.2. The van der Waals surface area contributed by atoms with Crippen molar-refractivity contribution in [2.24, 2.45) is 0 Å². The quantitative estimate of drug-likeness (QED) is 0.396. The Morgan fingerprint density at radius 1 is 0.839 bits per heavy atom. The van der Waals surface area contributed by atoms with E-state index in [1.807, 2.05) is 24.3 Å². The van der Waals surface area contributed by atoms with Gasteiger partial charge in [-0.15, -0.1) is 0 Å². The Kier molecular flexibility index (Phi) is 3.86. The summed E-state index contributed by atoms with van der Waals surface area (Å²) in [5.74, 6) is 0.577. The molecule has 154 valence electrons. The number of carbonyl (C=O) groups excluding carboxylic acids is 2. The van der Waals surface area contributed by atoms with Gasteiger partial charge in [0.25, 0.3) is 11.8 Å². The topological polar surface area (TPSA) is 88.3 Å². The number of rotatable bonds is 2. The fourth-order valence-electron chi connectivity index (χ4n) is 5.03. The van der Waals surface area contributed by atoms with Crippen molar-refractivity contribution in [1.29, 1.82) is 0 Å².